The molecule has 4 nitrogen and oxygen atoms in total. The molecule has 0 aliphatic carbocycles. The summed E-state index contributed by atoms with van der Waals surface area (Å²) < 4.78 is 0. The molecule has 6 heteroatoms. The molecule has 0 unspecified atom stereocenters. The van der Waals surface area contributed by atoms with E-state index in [1.54, 1.807) is 24.3 Å². The molecule has 0 saturated carbocycles. The molecule has 0 bridgehead atoms. The van der Waals surface area contributed by atoms with Crippen LogP contribution in [0.4, 0.5) is 0 Å². The van der Waals surface area contributed by atoms with Gasteiger partial charge in [-0.25, -0.2) is 0 Å². The number of nitrogens with one attached hydrogen (secondary N) is 1. The van der Waals surface area contributed by atoms with Crippen LogP contribution in [0.25, 0.3) is 0 Å². The van der Waals surface area contributed by atoms with Gasteiger partial charge in [-0.1, -0.05) is 6.07 Å². The summed E-state index contributed by atoms with van der Waals surface area (Å²) in [5, 5.41) is 6.73. The predicted molar refractivity (Wildman–Crippen MR) is 89.4 cm³/mol. The minimum Gasteiger partial charge on any atom is -0.340 e. The van der Waals surface area contributed by atoms with Crippen molar-refractivity contribution in [1.29, 1.82) is 0 Å². The number of thiophene rings is 2. The summed E-state index contributed by atoms with van der Waals surface area (Å²) >= 11 is 3.13. The van der Waals surface area contributed by atoms with Crippen LogP contribution in [0.15, 0.2) is 29.0 Å². The zero-order chi connectivity index (χ0) is 15.7. The van der Waals surface area contributed by atoms with Crippen LogP contribution in [-0.2, 0) is 11.2 Å². The van der Waals surface area contributed by atoms with Gasteiger partial charge in [-0.15, -0.1) is 22.7 Å². The highest BCUT2D eigenvalue weighted by Crippen LogP contribution is 2.33. The topological polar surface area (TPSA) is 49.4 Å². The summed E-state index contributed by atoms with van der Waals surface area (Å²) in [6.45, 7) is 4.52. The van der Waals surface area contributed by atoms with Crippen LogP contribution in [0, 0.1) is 0 Å². The Morgan fingerprint density at radius 2 is 2.14 bits per heavy atom. The van der Waals surface area contributed by atoms with Gasteiger partial charge in [0.15, 0.2) is 0 Å². The second-order valence-electron chi connectivity index (χ2n) is 5.43. The first-order valence-electron chi connectivity index (χ1n) is 7.29. The molecule has 1 aliphatic rings. The molecule has 22 heavy (non-hydrogen) atoms. The molecule has 0 spiro atoms. The molecule has 116 valence electrons. The number of hydrogen-bond donors (Lipinski definition) is 1. The molecule has 3 heterocycles. The average molecular weight is 334 g/mol. The molecule has 1 N–H and O–H groups in total. The first-order chi connectivity index (χ1) is 10.6. The highest BCUT2D eigenvalue weighted by Gasteiger charge is 2.31. The first kappa shape index (κ1) is 15.2. The zero-order valence-electron chi connectivity index (χ0n) is 12.5. The van der Waals surface area contributed by atoms with Gasteiger partial charge in [0, 0.05) is 11.4 Å². The lowest BCUT2D eigenvalue weighted by Gasteiger charge is -2.35. The molecule has 2 amide bonds. The minimum absolute atomic E-state index is 0.0192. The van der Waals surface area contributed by atoms with Crippen LogP contribution < -0.4 is 5.32 Å². The SMILES string of the molecule is C[C@@H]1c2ccsc2CCN1C(=O)[C@@H](C)NC(=O)c1cccs1. The summed E-state index contributed by atoms with van der Waals surface area (Å²) in [5.74, 6) is -0.203. The van der Waals surface area contributed by atoms with Crippen LogP contribution in [0.1, 0.15) is 40.0 Å². The van der Waals surface area contributed by atoms with E-state index in [4.69, 9.17) is 0 Å². The van der Waals surface area contributed by atoms with Gasteiger partial charge in [0.05, 0.1) is 10.9 Å². The van der Waals surface area contributed by atoms with Gasteiger partial charge in [0.1, 0.15) is 6.04 Å². The Hall–Kier alpha value is -1.66. The number of hydrogen-bond acceptors (Lipinski definition) is 4. The van der Waals surface area contributed by atoms with Crippen molar-refractivity contribution in [2.45, 2.75) is 32.4 Å². The van der Waals surface area contributed by atoms with Crippen molar-refractivity contribution < 1.29 is 9.59 Å². The third-order valence-corrected chi connectivity index (χ3v) is 5.89. The van der Waals surface area contributed by atoms with Crippen molar-refractivity contribution in [3.8, 4) is 0 Å². The Labute approximate surface area is 137 Å². The minimum atomic E-state index is -0.516. The van der Waals surface area contributed by atoms with E-state index in [-0.39, 0.29) is 17.9 Å². The lowest BCUT2D eigenvalue weighted by atomic mass is 10.0. The molecule has 3 rings (SSSR count). The number of amides is 2. The summed E-state index contributed by atoms with van der Waals surface area (Å²) in [4.78, 5) is 28.6. The number of carbonyl (C=O) groups excluding carboxylic acids is 2. The number of carbonyl (C=O) groups is 2. The fourth-order valence-electron chi connectivity index (χ4n) is 2.80. The molecular formula is C16H18N2O2S2. The van der Waals surface area contributed by atoms with Crippen LogP contribution in [0.3, 0.4) is 0 Å². The second-order valence-corrected chi connectivity index (χ2v) is 7.38. The van der Waals surface area contributed by atoms with E-state index in [2.05, 4.69) is 23.7 Å². The molecule has 0 saturated heterocycles. The number of fused-ring (bicyclic) bond motifs is 1. The van der Waals surface area contributed by atoms with Crippen molar-refractivity contribution in [2.75, 3.05) is 6.54 Å². The lowest BCUT2D eigenvalue weighted by molar-refractivity contribution is -0.135. The van der Waals surface area contributed by atoms with E-state index in [0.717, 1.165) is 6.42 Å². The molecule has 0 radical (unpaired) electrons. The van der Waals surface area contributed by atoms with Gasteiger partial charge in [-0.3, -0.25) is 9.59 Å². The van der Waals surface area contributed by atoms with Gasteiger partial charge >= 0.3 is 0 Å². The average Bonchev–Trinajstić information content (AvgIpc) is 3.18. The van der Waals surface area contributed by atoms with E-state index in [0.29, 0.717) is 11.4 Å². The molecule has 0 aromatic carbocycles. The van der Waals surface area contributed by atoms with E-state index >= 15 is 0 Å². The summed E-state index contributed by atoms with van der Waals surface area (Å²) in [5.41, 5.74) is 1.24. The fourth-order valence-corrected chi connectivity index (χ4v) is 4.39. The van der Waals surface area contributed by atoms with Crippen molar-refractivity contribution >= 4 is 34.5 Å². The third-order valence-electron chi connectivity index (χ3n) is 4.02. The largest absolute Gasteiger partial charge is 0.340 e. The smallest absolute Gasteiger partial charge is 0.261 e. The Morgan fingerprint density at radius 3 is 2.86 bits per heavy atom. The van der Waals surface area contributed by atoms with E-state index in [9.17, 15) is 9.59 Å². The summed E-state index contributed by atoms with van der Waals surface area (Å²) in [6, 6.07) is 5.25. The van der Waals surface area contributed by atoms with Crippen LogP contribution in [0.2, 0.25) is 0 Å². The van der Waals surface area contributed by atoms with Gasteiger partial charge in [0.25, 0.3) is 5.91 Å². The normalized spacial score (nSPS) is 18.6. The molecule has 2 aromatic rings. The van der Waals surface area contributed by atoms with Crippen LogP contribution in [-0.4, -0.2) is 29.3 Å². The van der Waals surface area contributed by atoms with Crippen molar-refractivity contribution in [1.82, 2.24) is 10.2 Å². The highest BCUT2D eigenvalue weighted by atomic mass is 32.1. The Balaban J connectivity index is 1.67. The molecule has 2 atom stereocenters. The third kappa shape index (κ3) is 2.80. The second kappa shape index (κ2) is 6.22. The van der Waals surface area contributed by atoms with Crippen LogP contribution >= 0.6 is 22.7 Å². The van der Waals surface area contributed by atoms with E-state index < -0.39 is 6.04 Å². The Bertz CT molecular complexity index is 678. The first-order valence-corrected chi connectivity index (χ1v) is 9.05. The van der Waals surface area contributed by atoms with Gasteiger partial charge in [-0.05, 0) is 48.7 Å². The number of nitrogens with zero attached hydrogens (tertiary/aromatic N) is 1. The monoisotopic (exact) mass is 334 g/mol. The molecule has 2 aromatic heterocycles. The molecular weight excluding hydrogens is 316 g/mol. The van der Waals surface area contributed by atoms with Crippen LogP contribution in [0.5, 0.6) is 0 Å². The Kier molecular flexibility index (Phi) is 4.31. The quantitative estimate of drug-likeness (QED) is 0.938. The van der Waals surface area contributed by atoms with Crippen molar-refractivity contribution in [2.24, 2.45) is 0 Å². The van der Waals surface area contributed by atoms with Crippen molar-refractivity contribution in [3.63, 3.8) is 0 Å². The summed E-state index contributed by atoms with van der Waals surface area (Å²) in [7, 11) is 0. The predicted octanol–water partition coefficient (Wildman–Crippen LogP) is 3.07. The number of rotatable bonds is 3. The van der Waals surface area contributed by atoms with Gasteiger partial charge in [-0.2, -0.15) is 0 Å². The zero-order valence-corrected chi connectivity index (χ0v) is 14.2. The van der Waals surface area contributed by atoms with E-state index in [1.807, 2.05) is 16.3 Å². The molecule has 1 aliphatic heterocycles. The lowest BCUT2D eigenvalue weighted by Crippen LogP contribution is -2.49. The van der Waals surface area contributed by atoms with Gasteiger partial charge in [0.2, 0.25) is 5.91 Å². The Morgan fingerprint density at radius 1 is 1.32 bits per heavy atom. The maximum Gasteiger partial charge on any atom is 0.261 e. The van der Waals surface area contributed by atoms with Crippen molar-refractivity contribution in [3.05, 3.63) is 44.3 Å². The van der Waals surface area contributed by atoms with E-state index in [1.165, 1.54) is 21.8 Å². The maximum atomic E-state index is 12.7. The maximum absolute atomic E-state index is 12.7. The fraction of sp³-hybridized carbons (Fsp3) is 0.375. The highest BCUT2D eigenvalue weighted by molar-refractivity contribution is 7.12. The summed E-state index contributed by atoms with van der Waals surface area (Å²) in [6.07, 6.45) is 0.897. The van der Waals surface area contributed by atoms with Gasteiger partial charge < -0.3 is 10.2 Å². The molecule has 0 fully saturated rings. The standard InChI is InChI=1S/C16H18N2O2S2/c1-10(17-15(19)14-4-3-8-21-14)16(20)18-7-5-13-12(11(18)2)6-9-22-13/h3-4,6,8-11H,5,7H2,1-2H3,(H,17,19)/t10-,11-/m1/s1.